The molecule has 1 aliphatic carbocycles. The zero-order valence-corrected chi connectivity index (χ0v) is 35.8. The van der Waals surface area contributed by atoms with Crippen LogP contribution in [0.5, 0.6) is 0 Å². The number of amides is 3. The Balaban J connectivity index is 0.000000367. The molecule has 1 aliphatic rings. The average Bonchev–Trinajstić information content (AvgIpc) is 3.70. The lowest BCUT2D eigenvalue weighted by Crippen LogP contribution is -2.48. The maximum absolute atomic E-state index is 13.3. The number of nitrogens with one attached hydrogen (secondary N) is 2. The molecule has 2 atom stereocenters. The fourth-order valence-corrected chi connectivity index (χ4v) is 7.71. The first-order valence-corrected chi connectivity index (χ1v) is 20.6. The monoisotopic (exact) mass is 956 g/mol. The Morgan fingerprint density at radius 1 is 0.759 bits per heavy atom. The number of hydrogen-bond donors (Lipinski definition) is 2. The third-order valence-corrected chi connectivity index (χ3v) is 11.1. The number of nitrogens with zero attached hydrogens (tertiary/aromatic N) is 2. The first-order valence-electron chi connectivity index (χ1n) is 18.4. The molecule has 0 aliphatic heterocycles. The Hall–Kier alpha value is -3.85. The molecule has 0 aromatic heterocycles. The average molecular weight is 957 g/mol. The second-order valence-corrected chi connectivity index (χ2v) is 15.3. The van der Waals surface area contributed by atoms with E-state index in [1.807, 2.05) is 77.7 Å². The van der Waals surface area contributed by atoms with Gasteiger partial charge in [0, 0.05) is 25.9 Å². The van der Waals surface area contributed by atoms with E-state index in [0.29, 0.717) is 30.1 Å². The summed E-state index contributed by atoms with van der Waals surface area (Å²) < 4.78 is 1.77. The predicted octanol–water partition coefficient (Wildman–Crippen LogP) is 8.03. The van der Waals surface area contributed by atoms with E-state index < -0.39 is 6.04 Å². The Kier molecular flexibility index (Phi) is 21.7. The first-order chi connectivity index (χ1) is 25.7. The van der Waals surface area contributed by atoms with Crippen molar-refractivity contribution in [3.05, 3.63) is 115 Å². The molecule has 1 fully saturated rings. The van der Waals surface area contributed by atoms with Crippen molar-refractivity contribution >= 4 is 62.9 Å². The van der Waals surface area contributed by atoms with Gasteiger partial charge in [-0.15, -0.1) is 12.8 Å². The van der Waals surface area contributed by atoms with Gasteiger partial charge in [0.2, 0.25) is 5.91 Å². The van der Waals surface area contributed by atoms with Gasteiger partial charge in [-0.2, -0.15) is 0 Å². The summed E-state index contributed by atoms with van der Waals surface area (Å²) in [6.07, 6.45) is 19.9. The molecule has 8 nitrogen and oxygen atoms in total. The van der Waals surface area contributed by atoms with Crippen molar-refractivity contribution in [2.24, 2.45) is 5.92 Å². The van der Waals surface area contributed by atoms with Crippen LogP contribution in [0.4, 0.5) is 0 Å². The summed E-state index contributed by atoms with van der Waals surface area (Å²) in [5.74, 6) is 5.19. The second-order valence-electron chi connectivity index (χ2n) is 13.0. The SMILES string of the molecule is C#CCN(C(=O)c1ccccc1I)C(C(=C)NCCCC)C1CCCC1.C#CCN(C(=O)c1ccccc1I)C(C(=O)NCCCC)c1ccccc1.O. The molecular weight excluding hydrogens is 902 g/mol. The molecule has 3 aromatic carbocycles. The van der Waals surface area contributed by atoms with E-state index in [-0.39, 0.29) is 35.8 Å². The molecule has 10 heteroatoms. The van der Waals surface area contributed by atoms with Gasteiger partial charge in [0.05, 0.1) is 30.3 Å². The molecule has 4 rings (SSSR count). The highest BCUT2D eigenvalue weighted by molar-refractivity contribution is 14.1. The zero-order chi connectivity index (χ0) is 38.6. The normalized spacial score (nSPS) is 13.0. The van der Waals surface area contributed by atoms with Crippen LogP contribution < -0.4 is 10.6 Å². The summed E-state index contributed by atoms with van der Waals surface area (Å²) in [6, 6.07) is 23.4. The van der Waals surface area contributed by atoms with Crippen molar-refractivity contribution in [2.45, 2.75) is 77.3 Å². The zero-order valence-electron chi connectivity index (χ0n) is 31.5. The highest BCUT2D eigenvalue weighted by atomic mass is 127. The highest BCUT2D eigenvalue weighted by Crippen LogP contribution is 2.34. The minimum absolute atomic E-state index is 0. The Morgan fingerprint density at radius 2 is 1.22 bits per heavy atom. The van der Waals surface area contributed by atoms with Crippen LogP contribution in [0.25, 0.3) is 0 Å². The quantitative estimate of drug-likeness (QED) is 0.0811. The maximum atomic E-state index is 13.3. The molecule has 3 amide bonds. The number of carbonyl (C=O) groups excluding carboxylic acids is 3. The number of unbranched alkanes of at least 4 members (excludes halogenated alkanes) is 2. The lowest BCUT2D eigenvalue weighted by atomic mass is 9.93. The van der Waals surface area contributed by atoms with Gasteiger partial charge in [-0.1, -0.05) is 113 Å². The van der Waals surface area contributed by atoms with Gasteiger partial charge in [0.25, 0.3) is 11.8 Å². The third kappa shape index (κ3) is 13.5. The molecule has 3 aromatic rings. The van der Waals surface area contributed by atoms with E-state index in [1.54, 1.807) is 6.07 Å². The molecular formula is C44H54I2N4O4. The van der Waals surface area contributed by atoms with Gasteiger partial charge >= 0.3 is 0 Å². The van der Waals surface area contributed by atoms with Crippen LogP contribution in [0, 0.1) is 37.7 Å². The van der Waals surface area contributed by atoms with Crippen LogP contribution in [0.1, 0.15) is 97.5 Å². The van der Waals surface area contributed by atoms with Crippen molar-refractivity contribution in [3.8, 4) is 24.7 Å². The smallest absolute Gasteiger partial charge is 0.256 e. The van der Waals surface area contributed by atoms with Crippen molar-refractivity contribution in [1.29, 1.82) is 0 Å². The number of terminal acetylenes is 2. The van der Waals surface area contributed by atoms with Crippen LogP contribution in [-0.4, -0.2) is 65.2 Å². The topological polar surface area (TPSA) is 113 Å². The fraction of sp³-hybridized carbons (Fsp3) is 0.386. The van der Waals surface area contributed by atoms with Gasteiger partial charge in [0.15, 0.2) is 0 Å². The summed E-state index contributed by atoms with van der Waals surface area (Å²) >= 11 is 4.34. The molecule has 0 bridgehead atoms. The molecule has 54 heavy (non-hydrogen) atoms. The fourth-order valence-electron chi connectivity index (χ4n) is 6.48. The maximum Gasteiger partial charge on any atom is 0.256 e. The number of halogens is 2. The van der Waals surface area contributed by atoms with Crippen molar-refractivity contribution in [3.63, 3.8) is 0 Å². The molecule has 2 unspecified atom stereocenters. The van der Waals surface area contributed by atoms with Gasteiger partial charge in [-0.05, 0) is 107 Å². The van der Waals surface area contributed by atoms with E-state index in [4.69, 9.17) is 12.8 Å². The van der Waals surface area contributed by atoms with E-state index in [9.17, 15) is 14.4 Å². The van der Waals surface area contributed by atoms with Crippen LogP contribution in [-0.2, 0) is 4.79 Å². The summed E-state index contributed by atoms with van der Waals surface area (Å²) in [6.45, 7) is 10.3. The highest BCUT2D eigenvalue weighted by Gasteiger charge is 2.35. The van der Waals surface area contributed by atoms with Crippen LogP contribution in [0.2, 0.25) is 0 Å². The largest absolute Gasteiger partial charge is 0.412 e. The standard InChI is InChI=1S/C22H23IN2O2.C22H29IN2O.H2O/c1-3-5-15-24-21(26)20(17-11-7-6-8-12-17)25(16-4-2)22(27)18-13-9-10-14-19(18)23;1-4-6-15-24-17(3)21(18-11-7-8-12-18)25(16-5-2)22(26)19-13-9-10-14-20(19)23;/h2,6-14,20H,3,5,15-16H2,1H3,(H,24,26);2,9-10,13-14,18,21,24H,3-4,6-8,11-12,15-16H2,1H3;1H2. The van der Waals surface area contributed by atoms with Crippen LogP contribution in [0.15, 0.2) is 91.1 Å². The summed E-state index contributed by atoms with van der Waals surface area (Å²) in [7, 11) is 0. The Morgan fingerprint density at radius 3 is 1.72 bits per heavy atom. The van der Waals surface area contributed by atoms with E-state index in [0.717, 1.165) is 63.5 Å². The molecule has 0 radical (unpaired) electrons. The summed E-state index contributed by atoms with van der Waals surface area (Å²) in [4.78, 5) is 42.9. The van der Waals surface area contributed by atoms with Gasteiger partial charge in [-0.25, -0.2) is 0 Å². The molecule has 0 heterocycles. The first kappa shape index (κ1) is 46.3. The third-order valence-electron chi connectivity index (χ3n) is 9.18. The van der Waals surface area contributed by atoms with Gasteiger partial charge < -0.3 is 25.9 Å². The molecule has 0 saturated heterocycles. The van der Waals surface area contributed by atoms with Crippen LogP contribution in [0.3, 0.4) is 0 Å². The van der Waals surface area contributed by atoms with E-state index >= 15 is 0 Å². The lowest BCUT2D eigenvalue weighted by Gasteiger charge is -2.36. The number of benzene rings is 3. The Bertz CT molecular complexity index is 1730. The number of carbonyl (C=O) groups is 3. The predicted molar refractivity (Wildman–Crippen MR) is 237 cm³/mol. The van der Waals surface area contributed by atoms with Gasteiger partial charge in [0.1, 0.15) is 6.04 Å². The van der Waals surface area contributed by atoms with E-state index in [2.05, 4.69) is 88.1 Å². The van der Waals surface area contributed by atoms with Crippen LogP contribution >= 0.6 is 45.2 Å². The van der Waals surface area contributed by atoms with Gasteiger partial charge in [-0.3, -0.25) is 14.4 Å². The number of rotatable bonds is 17. The van der Waals surface area contributed by atoms with Crippen molar-refractivity contribution in [1.82, 2.24) is 20.4 Å². The summed E-state index contributed by atoms with van der Waals surface area (Å²) in [5, 5.41) is 6.40. The number of hydrogen-bond acceptors (Lipinski definition) is 4. The second kappa shape index (κ2) is 25.3. The molecule has 4 N–H and O–H groups in total. The minimum Gasteiger partial charge on any atom is -0.412 e. The molecule has 1 saturated carbocycles. The molecule has 0 spiro atoms. The Labute approximate surface area is 349 Å². The van der Waals surface area contributed by atoms with E-state index in [1.165, 1.54) is 17.7 Å². The van der Waals surface area contributed by atoms with Crippen molar-refractivity contribution in [2.75, 3.05) is 26.2 Å². The summed E-state index contributed by atoms with van der Waals surface area (Å²) in [5.41, 5.74) is 2.92. The minimum atomic E-state index is -0.775. The lowest BCUT2D eigenvalue weighted by molar-refractivity contribution is -0.125. The molecule has 288 valence electrons. The van der Waals surface area contributed by atoms with Crippen molar-refractivity contribution < 1.29 is 19.9 Å².